The van der Waals surface area contributed by atoms with E-state index in [1.165, 1.54) is 12.1 Å². The van der Waals surface area contributed by atoms with Crippen molar-refractivity contribution in [3.05, 3.63) is 57.0 Å². The molecule has 0 heterocycles. The molecule has 0 fully saturated rings. The molecule has 132 valence electrons. The smallest absolute Gasteiger partial charge is 0.339 e. The lowest BCUT2D eigenvalue weighted by atomic mass is 10.2. The molecule has 0 saturated carbocycles. The third-order valence-corrected chi connectivity index (χ3v) is 4.45. The van der Waals surface area contributed by atoms with E-state index < -0.39 is 5.97 Å². The highest BCUT2D eigenvalue weighted by Gasteiger charge is 2.13. The van der Waals surface area contributed by atoms with E-state index in [0.717, 1.165) is 10.0 Å². The molecule has 2 rings (SSSR count). The van der Waals surface area contributed by atoms with Crippen LogP contribution in [0.3, 0.4) is 0 Å². The van der Waals surface area contributed by atoms with Crippen LogP contribution in [0.2, 0.25) is 5.02 Å². The van der Waals surface area contributed by atoms with Crippen LogP contribution < -0.4 is 10.1 Å². The Balaban J connectivity index is 1.95. The molecular formula is C18H17BrClNO4. The molecule has 0 aliphatic rings. The zero-order chi connectivity index (χ0) is 18.4. The van der Waals surface area contributed by atoms with Crippen LogP contribution in [-0.2, 0) is 9.53 Å². The Hall–Kier alpha value is -2.05. The number of benzene rings is 2. The first-order valence-electron chi connectivity index (χ1n) is 7.56. The fourth-order valence-electron chi connectivity index (χ4n) is 2.02. The normalized spacial score (nSPS) is 10.2. The number of hydrogen-bond acceptors (Lipinski definition) is 4. The Morgan fingerprint density at radius 1 is 1.20 bits per heavy atom. The summed E-state index contributed by atoms with van der Waals surface area (Å²) in [6.07, 6.45) is 0. The van der Waals surface area contributed by atoms with E-state index in [-0.39, 0.29) is 29.7 Å². The molecule has 7 heteroatoms. The first kappa shape index (κ1) is 19.3. The van der Waals surface area contributed by atoms with Gasteiger partial charge >= 0.3 is 5.97 Å². The lowest BCUT2D eigenvalue weighted by Crippen LogP contribution is -2.20. The third kappa shape index (κ3) is 5.47. The Morgan fingerprint density at radius 3 is 2.60 bits per heavy atom. The molecule has 0 aliphatic heterocycles. The number of carbonyl (C=O) groups excluding carboxylic acids is 2. The standard InChI is InChI=1S/C18H17BrClNO4/c1-3-24-18(23)14-6-4-12(9-16(14)20)21-17(22)10-25-13-5-7-15(19)11(2)8-13/h4-9H,3,10H2,1-2H3,(H,21,22). The fraction of sp³-hybridized carbons (Fsp3) is 0.222. The van der Waals surface area contributed by atoms with Crippen molar-refractivity contribution in [1.29, 1.82) is 0 Å². The fourth-order valence-corrected chi connectivity index (χ4v) is 2.52. The summed E-state index contributed by atoms with van der Waals surface area (Å²) in [6, 6.07) is 10.1. The van der Waals surface area contributed by atoms with Gasteiger partial charge in [-0.3, -0.25) is 4.79 Å². The van der Waals surface area contributed by atoms with E-state index in [4.69, 9.17) is 21.1 Å². The Morgan fingerprint density at radius 2 is 1.96 bits per heavy atom. The quantitative estimate of drug-likeness (QED) is 0.685. The van der Waals surface area contributed by atoms with E-state index in [2.05, 4.69) is 21.2 Å². The van der Waals surface area contributed by atoms with Gasteiger partial charge in [0.25, 0.3) is 5.91 Å². The monoisotopic (exact) mass is 425 g/mol. The maximum Gasteiger partial charge on any atom is 0.339 e. The van der Waals surface area contributed by atoms with Crippen molar-refractivity contribution in [2.45, 2.75) is 13.8 Å². The highest BCUT2D eigenvalue weighted by Crippen LogP contribution is 2.23. The van der Waals surface area contributed by atoms with Gasteiger partial charge in [0, 0.05) is 10.2 Å². The number of halogens is 2. The number of ether oxygens (including phenoxy) is 2. The second kappa shape index (κ2) is 8.87. The number of amides is 1. The molecule has 0 spiro atoms. The Bertz CT molecular complexity index is 795. The number of nitrogens with one attached hydrogen (secondary N) is 1. The molecule has 0 bridgehead atoms. The lowest BCUT2D eigenvalue weighted by Gasteiger charge is -2.10. The molecule has 2 aromatic carbocycles. The Labute approximate surface area is 159 Å². The minimum absolute atomic E-state index is 0.141. The molecule has 0 radical (unpaired) electrons. The lowest BCUT2D eigenvalue weighted by molar-refractivity contribution is -0.118. The maximum absolute atomic E-state index is 12.0. The molecule has 0 atom stereocenters. The van der Waals surface area contributed by atoms with Crippen LogP contribution in [0.4, 0.5) is 5.69 Å². The first-order valence-corrected chi connectivity index (χ1v) is 8.73. The van der Waals surface area contributed by atoms with Crippen LogP contribution in [0, 0.1) is 6.92 Å². The molecule has 0 unspecified atom stereocenters. The average molecular weight is 427 g/mol. The molecule has 0 aromatic heterocycles. The van der Waals surface area contributed by atoms with Crippen molar-refractivity contribution >= 4 is 45.1 Å². The predicted molar refractivity (Wildman–Crippen MR) is 100 cm³/mol. The van der Waals surface area contributed by atoms with Crippen LogP contribution in [0.25, 0.3) is 0 Å². The number of hydrogen-bond donors (Lipinski definition) is 1. The number of anilines is 1. The highest BCUT2D eigenvalue weighted by atomic mass is 79.9. The van der Waals surface area contributed by atoms with Crippen LogP contribution in [-0.4, -0.2) is 25.1 Å². The van der Waals surface area contributed by atoms with Gasteiger partial charge in [0.05, 0.1) is 17.2 Å². The van der Waals surface area contributed by atoms with Crippen molar-refractivity contribution in [3.8, 4) is 5.75 Å². The number of carbonyl (C=O) groups is 2. The van der Waals surface area contributed by atoms with E-state index in [1.807, 2.05) is 19.1 Å². The second-order valence-electron chi connectivity index (χ2n) is 5.16. The van der Waals surface area contributed by atoms with Crippen LogP contribution in [0.15, 0.2) is 40.9 Å². The topological polar surface area (TPSA) is 64.6 Å². The summed E-state index contributed by atoms with van der Waals surface area (Å²) in [6.45, 7) is 3.77. The molecule has 1 N–H and O–H groups in total. The molecule has 5 nitrogen and oxygen atoms in total. The van der Waals surface area contributed by atoms with Gasteiger partial charge in [-0.1, -0.05) is 27.5 Å². The van der Waals surface area contributed by atoms with E-state index in [1.54, 1.807) is 19.1 Å². The van der Waals surface area contributed by atoms with Crippen molar-refractivity contribution < 1.29 is 19.1 Å². The van der Waals surface area contributed by atoms with E-state index >= 15 is 0 Å². The van der Waals surface area contributed by atoms with Crippen LogP contribution in [0.5, 0.6) is 5.75 Å². The minimum Gasteiger partial charge on any atom is -0.484 e. The first-order chi connectivity index (χ1) is 11.9. The molecular weight excluding hydrogens is 410 g/mol. The summed E-state index contributed by atoms with van der Waals surface area (Å²) in [5, 5.41) is 2.88. The predicted octanol–water partition coefficient (Wildman–Crippen LogP) is 4.61. The molecule has 25 heavy (non-hydrogen) atoms. The van der Waals surface area contributed by atoms with E-state index in [0.29, 0.717) is 11.4 Å². The van der Waals surface area contributed by atoms with Crippen molar-refractivity contribution in [3.63, 3.8) is 0 Å². The van der Waals surface area contributed by atoms with E-state index in [9.17, 15) is 9.59 Å². The number of rotatable bonds is 6. The maximum atomic E-state index is 12.0. The number of aryl methyl sites for hydroxylation is 1. The van der Waals surface area contributed by atoms with Gasteiger partial charge in [-0.05, 0) is 55.8 Å². The summed E-state index contributed by atoms with van der Waals surface area (Å²) in [7, 11) is 0. The number of esters is 1. The Kier molecular flexibility index (Phi) is 6.84. The average Bonchev–Trinajstić information content (AvgIpc) is 2.56. The van der Waals surface area contributed by atoms with Crippen molar-refractivity contribution in [2.75, 3.05) is 18.5 Å². The zero-order valence-electron chi connectivity index (χ0n) is 13.8. The molecule has 2 aromatic rings. The minimum atomic E-state index is -0.501. The van der Waals surface area contributed by atoms with Gasteiger partial charge in [0.1, 0.15) is 5.75 Å². The van der Waals surface area contributed by atoms with Crippen molar-refractivity contribution in [1.82, 2.24) is 0 Å². The van der Waals surface area contributed by atoms with Gasteiger partial charge in [-0.15, -0.1) is 0 Å². The van der Waals surface area contributed by atoms with Crippen LogP contribution in [0.1, 0.15) is 22.8 Å². The van der Waals surface area contributed by atoms with Gasteiger partial charge in [-0.2, -0.15) is 0 Å². The summed E-state index contributed by atoms with van der Waals surface area (Å²) < 4.78 is 11.3. The van der Waals surface area contributed by atoms with Gasteiger partial charge in [-0.25, -0.2) is 4.79 Å². The van der Waals surface area contributed by atoms with Gasteiger partial charge < -0.3 is 14.8 Å². The molecule has 0 aliphatic carbocycles. The van der Waals surface area contributed by atoms with Gasteiger partial charge in [0.15, 0.2) is 6.61 Å². The van der Waals surface area contributed by atoms with Crippen molar-refractivity contribution in [2.24, 2.45) is 0 Å². The highest BCUT2D eigenvalue weighted by molar-refractivity contribution is 9.10. The van der Waals surface area contributed by atoms with Crippen LogP contribution >= 0.6 is 27.5 Å². The SMILES string of the molecule is CCOC(=O)c1ccc(NC(=O)COc2ccc(Br)c(C)c2)cc1Cl. The second-order valence-corrected chi connectivity index (χ2v) is 6.42. The summed E-state index contributed by atoms with van der Waals surface area (Å²) in [5.41, 5.74) is 1.74. The largest absolute Gasteiger partial charge is 0.484 e. The van der Waals surface area contributed by atoms with Gasteiger partial charge in [0.2, 0.25) is 0 Å². The summed E-state index contributed by atoms with van der Waals surface area (Å²) in [4.78, 5) is 23.7. The summed E-state index contributed by atoms with van der Waals surface area (Å²) >= 11 is 9.47. The zero-order valence-corrected chi connectivity index (χ0v) is 16.1. The summed E-state index contributed by atoms with van der Waals surface area (Å²) in [5.74, 6) is -0.230. The third-order valence-electron chi connectivity index (χ3n) is 3.25. The molecule has 1 amide bonds. The molecule has 0 saturated heterocycles.